The zero-order valence-electron chi connectivity index (χ0n) is 13.9. The van der Waals surface area contributed by atoms with Gasteiger partial charge < -0.3 is 15.6 Å². The SMILES string of the molecule is COC(=O)c1cc(-c2ccc(F)c(C)c2)nc(C(O)(CN)C(F)(F)F)c1. The summed E-state index contributed by atoms with van der Waals surface area (Å²) in [6.45, 7) is 0.270. The number of alkyl halides is 3. The molecule has 0 saturated carbocycles. The number of esters is 1. The number of aromatic nitrogens is 1. The van der Waals surface area contributed by atoms with E-state index in [1.54, 1.807) is 0 Å². The Bertz CT molecular complexity index is 839. The number of nitrogens with two attached hydrogens (primary N) is 1. The van der Waals surface area contributed by atoms with Crippen molar-refractivity contribution in [3.63, 3.8) is 0 Å². The average Bonchev–Trinajstić information content (AvgIpc) is 2.61. The lowest BCUT2D eigenvalue weighted by molar-refractivity contribution is -0.263. The first-order valence-corrected chi connectivity index (χ1v) is 7.40. The molecule has 2 rings (SSSR count). The molecule has 1 aromatic carbocycles. The van der Waals surface area contributed by atoms with E-state index in [-0.39, 0.29) is 22.4 Å². The van der Waals surface area contributed by atoms with Crippen molar-refractivity contribution in [2.75, 3.05) is 13.7 Å². The van der Waals surface area contributed by atoms with E-state index >= 15 is 0 Å². The minimum Gasteiger partial charge on any atom is -0.465 e. The smallest absolute Gasteiger partial charge is 0.424 e. The minimum atomic E-state index is -5.13. The van der Waals surface area contributed by atoms with Crippen LogP contribution < -0.4 is 5.73 Å². The highest BCUT2D eigenvalue weighted by Crippen LogP contribution is 2.38. The number of aliphatic hydroxyl groups is 1. The molecule has 0 amide bonds. The van der Waals surface area contributed by atoms with Crippen molar-refractivity contribution in [3.05, 3.63) is 53.0 Å². The molecule has 140 valence electrons. The fourth-order valence-corrected chi connectivity index (χ4v) is 2.30. The van der Waals surface area contributed by atoms with Gasteiger partial charge in [0.1, 0.15) is 5.82 Å². The van der Waals surface area contributed by atoms with E-state index in [0.29, 0.717) is 0 Å². The summed E-state index contributed by atoms with van der Waals surface area (Å²) < 4.78 is 58.0. The van der Waals surface area contributed by atoms with Gasteiger partial charge in [0.15, 0.2) is 0 Å². The molecule has 0 aliphatic heterocycles. The summed E-state index contributed by atoms with van der Waals surface area (Å²) in [6, 6.07) is 5.74. The Kier molecular flexibility index (Phi) is 5.33. The lowest BCUT2D eigenvalue weighted by atomic mass is 9.95. The first-order valence-electron chi connectivity index (χ1n) is 7.40. The summed E-state index contributed by atoms with van der Waals surface area (Å²) in [5.41, 5.74) is 1.000. The van der Waals surface area contributed by atoms with Gasteiger partial charge in [0, 0.05) is 12.1 Å². The predicted octanol–water partition coefficient (Wildman–Crippen LogP) is 2.69. The summed E-state index contributed by atoms with van der Waals surface area (Å²) in [4.78, 5) is 15.7. The standard InChI is InChI=1S/C17H16F4N2O3/c1-9-5-10(3-4-12(9)18)13-6-11(15(24)26-2)7-14(23-13)16(25,8-22)17(19,20)21/h3-7,25H,8,22H2,1-2H3. The average molecular weight is 372 g/mol. The second-order valence-corrected chi connectivity index (χ2v) is 5.64. The third kappa shape index (κ3) is 3.54. The molecule has 0 aliphatic rings. The largest absolute Gasteiger partial charge is 0.465 e. The van der Waals surface area contributed by atoms with Gasteiger partial charge in [0.05, 0.1) is 24.1 Å². The van der Waals surface area contributed by atoms with Crippen LogP contribution in [0.1, 0.15) is 21.6 Å². The van der Waals surface area contributed by atoms with Gasteiger partial charge in [-0.3, -0.25) is 0 Å². The molecule has 3 N–H and O–H groups in total. The number of nitrogens with zero attached hydrogens (tertiary/aromatic N) is 1. The highest BCUT2D eigenvalue weighted by molar-refractivity contribution is 5.90. The quantitative estimate of drug-likeness (QED) is 0.637. The van der Waals surface area contributed by atoms with Crippen LogP contribution >= 0.6 is 0 Å². The molecule has 0 spiro atoms. The Hall–Kier alpha value is -2.52. The molecule has 9 heteroatoms. The first kappa shape index (κ1) is 19.8. The van der Waals surface area contributed by atoms with E-state index in [2.05, 4.69) is 9.72 Å². The highest BCUT2D eigenvalue weighted by atomic mass is 19.4. The Morgan fingerprint density at radius 2 is 1.92 bits per heavy atom. The maximum Gasteiger partial charge on any atom is 0.424 e. The van der Waals surface area contributed by atoms with Gasteiger partial charge in [-0.15, -0.1) is 0 Å². The number of halogens is 4. The summed E-state index contributed by atoms with van der Waals surface area (Å²) in [5.74, 6) is -1.43. The third-order valence-corrected chi connectivity index (χ3v) is 3.89. The van der Waals surface area contributed by atoms with Crippen molar-refractivity contribution >= 4 is 5.97 Å². The van der Waals surface area contributed by atoms with Crippen molar-refractivity contribution in [3.8, 4) is 11.3 Å². The van der Waals surface area contributed by atoms with Gasteiger partial charge in [-0.25, -0.2) is 14.2 Å². The molecule has 1 atom stereocenters. The van der Waals surface area contributed by atoms with Crippen LogP contribution in [-0.2, 0) is 10.3 Å². The number of ether oxygens (including phenoxy) is 1. The van der Waals surface area contributed by atoms with Crippen molar-refractivity contribution in [2.45, 2.75) is 18.7 Å². The number of aryl methyl sites for hydroxylation is 1. The van der Waals surface area contributed by atoms with Gasteiger partial charge in [-0.05, 0) is 42.8 Å². The molecule has 1 unspecified atom stereocenters. The number of hydrogen-bond donors (Lipinski definition) is 2. The van der Waals surface area contributed by atoms with Crippen molar-refractivity contribution in [1.29, 1.82) is 0 Å². The zero-order chi connectivity index (χ0) is 19.7. The number of hydrogen-bond acceptors (Lipinski definition) is 5. The van der Waals surface area contributed by atoms with Crippen molar-refractivity contribution in [2.24, 2.45) is 5.73 Å². The Morgan fingerprint density at radius 3 is 2.42 bits per heavy atom. The molecule has 1 heterocycles. The molecule has 2 aromatic rings. The topological polar surface area (TPSA) is 85.4 Å². The molecule has 5 nitrogen and oxygen atoms in total. The molecule has 0 fully saturated rings. The van der Waals surface area contributed by atoms with Crippen molar-refractivity contribution in [1.82, 2.24) is 4.98 Å². The van der Waals surface area contributed by atoms with E-state index in [4.69, 9.17) is 5.73 Å². The van der Waals surface area contributed by atoms with Gasteiger partial charge in [0.25, 0.3) is 0 Å². The molecule has 1 aromatic heterocycles. The fourth-order valence-electron chi connectivity index (χ4n) is 2.30. The highest BCUT2D eigenvalue weighted by Gasteiger charge is 2.55. The lowest BCUT2D eigenvalue weighted by Gasteiger charge is -2.29. The van der Waals surface area contributed by atoms with Gasteiger partial charge in [0.2, 0.25) is 5.60 Å². The van der Waals surface area contributed by atoms with Crippen molar-refractivity contribution < 1.29 is 32.2 Å². The lowest BCUT2D eigenvalue weighted by Crippen LogP contribution is -2.49. The van der Waals surface area contributed by atoms with E-state index in [1.807, 2.05) is 0 Å². The summed E-state index contributed by atoms with van der Waals surface area (Å²) in [6.07, 6.45) is -5.13. The molecule has 0 aliphatic carbocycles. The van der Waals surface area contributed by atoms with Gasteiger partial charge >= 0.3 is 12.1 Å². The fraction of sp³-hybridized carbons (Fsp3) is 0.294. The number of carbonyl (C=O) groups excluding carboxylic acids is 1. The van der Waals surface area contributed by atoms with Crippen LogP contribution in [-0.4, -0.2) is 35.9 Å². The normalized spacial score (nSPS) is 14.0. The Balaban J connectivity index is 2.74. The number of rotatable bonds is 4. The van der Waals surface area contributed by atoms with Crippen LogP contribution in [0.4, 0.5) is 17.6 Å². The number of benzene rings is 1. The molecular weight excluding hydrogens is 356 g/mol. The monoisotopic (exact) mass is 372 g/mol. The third-order valence-electron chi connectivity index (χ3n) is 3.89. The maximum absolute atomic E-state index is 13.5. The Morgan fingerprint density at radius 1 is 1.27 bits per heavy atom. The van der Waals surface area contributed by atoms with E-state index in [0.717, 1.165) is 19.2 Å². The molecule has 0 radical (unpaired) electrons. The van der Waals surface area contributed by atoms with Crippen LogP contribution in [0.25, 0.3) is 11.3 Å². The van der Waals surface area contributed by atoms with Gasteiger partial charge in [-0.1, -0.05) is 0 Å². The number of carbonyl (C=O) groups is 1. The second kappa shape index (κ2) is 7.00. The summed E-state index contributed by atoms with van der Waals surface area (Å²) in [7, 11) is 1.06. The van der Waals surface area contributed by atoms with Crippen LogP contribution in [0.2, 0.25) is 0 Å². The minimum absolute atomic E-state index is 0.0675. The predicted molar refractivity (Wildman–Crippen MR) is 84.7 cm³/mol. The number of pyridine rings is 1. The van der Waals surface area contributed by atoms with Gasteiger partial charge in [-0.2, -0.15) is 13.2 Å². The van der Waals surface area contributed by atoms with Crippen LogP contribution in [0.5, 0.6) is 0 Å². The summed E-state index contributed by atoms with van der Waals surface area (Å²) in [5, 5.41) is 10.1. The maximum atomic E-state index is 13.5. The van der Waals surface area contributed by atoms with E-state index < -0.39 is 35.8 Å². The zero-order valence-corrected chi connectivity index (χ0v) is 13.9. The molecular formula is C17H16F4N2O3. The Labute approximate surface area is 146 Å². The van der Waals surface area contributed by atoms with E-state index in [1.165, 1.54) is 25.1 Å². The van der Waals surface area contributed by atoms with E-state index in [9.17, 15) is 27.5 Å². The van der Waals surface area contributed by atoms with Crippen LogP contribution in [0.3, 0.4) is 0 Å². The second-order valence-electron chi connectivity index (χ2n) is 5.64. The molecule has 0 saturated heterocycles. The molecule has 0 bridgehead atoms. The molecule has 26 heavy (non-hydrogen) atoms. The first-order chi connectivity index (χ1) is 12.0. The number of methoxy groups -OCH3 is 1. The van der Waals surface area contributed by atoms with Crippen LogP contribution in [0.15, 0.2) is 30.3 Å². The van der Waals surface area contributed by atoms with Crippen LogP contribution in [0, 0.1) is 12.7 Å². The summed E-state index contributed by atoms with van der Waals surface area (Å²) >= 11 is 0.